The molecule has 1 saturated carbocycles. The summed E-state index contributed by atoms with van der Waals surface area (Å²) in [6, 6.07) is 2.17. The van der Waals surface area contributed by atoms with Gasteiger partial charge in [-0.25, -0.2) is 0 Å². The van der Waals surface area contributed by atoms with Crippen LogP contribution in [0.15, 0.2) is 0 Å². The fraction of sp³-hybridized carbons (Fsp3) is 0.833. The number of nitrogens with zero attached hydrogens (tertiary/aromatic N) is 1. The Balaban J connectivity index is 2.69. The molecule has 0 bridgehead atoms. The van der Waals surface area contributed by atoms with Crippen LogP contribution in [0.25, 0.3) is 0 Å². The summed E-state index contributed by atoms with van der Waals surface area (Å²) in [5.41, 5.74) is -0.873. The highest BCUT2D eigenvalue weighted by atomic mass is 16.2. The van der Waals surface area contributed by atoms with Gasteiger partial charge in [-0.05, 0) is 39.0 Å². The van der Waals surface area contributed by atoms with Crippen LogP contribution in [0, 0.1) is 16.7 Å². The Hall–Kier alpha value is -1.04. The van der Waals surface area contributed by atoms with Gasteiger partial charge in [0.2, 0.25) is 5.91 Å². The molecule has 3 heteroatoms. The van der Waals surface area contributed by atoms with Gasteiger partial charge in [0.15, 0.2) is 0 Å². The lowest BCUT2D eigenvalue weighted by Crippen LogP contribution is -2.55. The number of hydrogen-bond acceptors (Lipinski definition) is 2. The second kappa shape index (κ2) is 4.22. The third kappa shape index (κ3) is 2.14. The molecule has 0 aromatic rings. The van der Waals surface area contributed by atoms with Crippen molar-refractivity contribution in [3.05, 3.63) is 0 Å². The molecule has 0 spiro atoms. The number of amides is 1. The highest BCUT2D eigenvalue weighted by Gasteiger charge is 2.41. The lowest BCUT2D eigenvalue weighted by molar-refractivity contribution is -0.131. The Bertz CT molecular complexity index is 282. The molecule has 3 nitrogen and oxygen atoms in total. The molecule has 0 aromatic heterocycles. The largest absolute Gasteiger partial charge is 0.350 e. The number of carbonyl (C=O) groups is 1. The van der Waals surface area contributed by atoms with Crippen molar-refractivity contribution in [1.82, 2.24) is 5.32 Å². The van der Waals surface area contributed by atoms with E-state index in [4.69, 9.17) is 5.26 Å². The summed E-state index contributed by atoms with van der Waals surface area (Å²) in [4.78, 5) is 12.0. The van der Waals surface area contributed by atoms with Crippen LogP contribution < -0.4 is 5.32 Å². The number of nitriles is 1. The maximum absolute atomic E-state index is 12.0. The summed E-state index contributed by atoms with van der Waals surface area (Å²) >= 11 is 0. The second-order valence-electron chi connectivity index (χ2n) is 4.77. The van der Waals surface area contributed by atoms with E-state index < -0.39 is 5.41 Å². The number of nitrogens with one attached hydrogen (secondary N) is 1. The first-order valence-electron chi connectivity index (χ1n) is 5.76. The van der Waals surface area contributed by atoms with E-state index in [2.05, 4.69) is 18.3 Å². The van der Waals surface area contributed by atoms with Gasteiger partial charge in [-0.2, -0.15) is 5.26 Å². The molecule has 15 heavy (non-hydrogen) atoms. The Morgan fingerprint density at radius 3 is 2.27 bits per heavy atom. The van der Waals surface area contributed by atoms with Crippen molar-refractivity contribution in [2.75, 3.05) is 0 Å². The summed E-state index contributed by atoms with van der Waals surface area (Å²) < 4.78 is 0. The van der Waals surface area contributed by atoms with Crippen LogP contribution in [0.5, 0.6) is 0 Å². The molecular weight excluding hydrogens is 188 g/mol. The van der Waals surface area contributed by atoms with Crippen LogP contribution in [0.3, 0.4) is 0 Å². The number of hydrogen-bond donors (Lipinski definition) is 1. The fourth-order valence-electron chi connectivity index (χ4n) is 2.01. The first kappa shape index (κ1) is 12.0. The Morgan fingerprint density at radius 2 is 2.00 bits per heavy atom. The minimum Gasteiger partial charge on any atom is -0.350 e. The zero-order valence-electron chi connectivity index (χ0n) is 9.89. The molecule has 0 unspecified atom stereocenters. The molecule has 1 fully saturated rings. The fourth-order valence-corrected chi connectivity index (χ4v) is 2.01. The van der Waals surface area contributed by atoms with Crippen molar-refractivity contribution in [1.29, 1.82) is 5.26 Å². The second-order valence-corrected chi connectivity index (χ2v) is 4.77. The van der Waals surface area contributed by atoms with Crippen molar-refractivity contribution < 1.29 is 4.79 Å². The molecule has 1 amide bonds. The molecule has 0 heterocycles. The molecule has 0 aliphatic heterocycles. The molecule has 1 aliphatic rings. The molecule has 84 valence electrons. The molecule has 0 aromatic carbocycles. The molecule has 0 atom stereocenters. The Morgan fingerprint density at radius 1 is 1.47 bits per heavy atom. The minimum atomic E-state index is -0.821. The van der Waals surface area contributed by atoms with Gasteiger partial charge in [-0.1, -0.05) is 13.8 Å². The summed E-state index contributed by atoms with van der Waals surface area (Å²) in [7, 11) is 0. The predicted octanol–water partition coefficient (Wildman–Crippen LogP) is 2.38. The van der Waals surface area contributed by atoms with Crippen LogP contribution in [-0.2, 0) is 4.79 Å². The van der Waals surface area contributed by atoms with E-state index in [-0.39, 0.29) is 11.4 Å². The summed E-state index contributed by atoms with van der Waals surface area (Å²) in [5, 5.41) is 12.1. The molecule has 0 radical (unpaired) electrons. The molecule has 1 aliphatic carbocycles. The molecule has 1 rings (SSSR count). The van der Waals surface area contributed by atoms with Gasteiger partial charge >= 0.3 is 0 Å². The standard InChI is InChI=1S/C12H20N2O/c1-4-12(5-2,9-13)10(15)14-11(3)7-6-8-11/h4-8H2,1-3H3,(H,14,15). The SMILES string of the molecule is CCC(C#N)(CC)C(=O)NC1(C)CCC1. The summed E-state index contributed by atoms with van der Waals surface area (Å²) in [6.07, 6.45) is 4.42. The topological polar surface area (TPSA) is 52.9 Å². The minimum absolute atomic E-state index is 0.0521. The van der Waals surface area contributed by atoms with E-state index in [0.717, 1.165) is 12.8 Å². The Labute approximate surface area is 91.9 Å². The van der Waals surface area contributed by atoms with Gasteiger partial charge in [0.25, 0.3) is 0 Å². The van der Waals surface area contributed by atoms with Gasteiger partial charge in [0.1, 0.15) is 5.41 Å². The lowest BCUT2D eigenvalue weighted by atomic mass is 9.76. The smallest absolute Gasteiger partial charge is 0.240 e. The van der Waals surface area contributed by atoms with Crippen molar-refractivity contribution in [3.63, 3.8) is 0 Å². The molecule has 0 saturated heterocycles. The van der Waals surface area contributed by atoms with Gasteiger partial charge in [0, 0.05) is 5.54 Å². The third-order valence-corrected chi connectivity index (χ3v) is 3.73. The zero-order chi connectivity index (χ0) is 11.5. The van der Waals surface area contributed by atoms with Gasteiger partial charge in [0.05, 0.1) is 6.07 Å². The first-order chi connectivity index (χ1) is 7.02. The van der Waals surface area contributed by atoms with E-state index in [1.165, 1.54) is 6.42 Å². The van der Waals surface area contributed by atoms with E-state index >= 15 is 0 Å². The van der Waals surface area contributed by atoms with E-state index in [9.17, 15) is 4.79 Å². The van der Waals surface area contributed by atoms with Crippen LogP contribution >= 0.6 is 0 Å². The average Bonchev–Trinajstić information content (AvgIpc) is 2.19. The molecule has 1 N–H and O–H groups in total. The van der Waals surface area contributed by atoms with Crippen LogP contribution in [0.1, 0.15) is 52.9 Å². The van der Waals surface area contributed by atoms with E-state index in [1.54, 1.807) is 0 Å². The van der Waals surface area contributed by atoms with Gasteiger partial charge < -0.3 is 5.32 Å². The first-order valence-corrected chi connectivity index (χ1v) is 5.76. The lowest BCUT2D eigenvalue weighted by Gasteiger charge is -2.41. The zero-order valence-corrected chi connectivity index (χ0v) is 9.89. The van der Waals surface area contributed by atoms with E-state index in [0.29, 0.717) is 12.8 Å². The normalized spacial score (nSPS) is 18.8. The van der Waals surface area contributed by atoms with Crippen molar-refractivity contribution in [2.45, 2.75) is 58.4 Å². The Kier molecular flexibility index (Phi) is 3.38. The number of rotatable bonds is 4. The van der Waals surface area contributed by atoms with Crippen LogP contribution in [0.4, 0.5) is 0 Å². The van der Waals surface area contributed by atoms with Crippen molar-refractivity contribution in [3.8, 4) is 6.07 Å². The molecular formula is C12H20N2O. The van der Waals surface area contributed by atoms with Crippen LogP contribution in [-0.4, -0.2) is 11.4 Å². The third-order valence-electron chi connectivity index (χ3n) is 3.73. The summed E-state index contributed by atoms with van der Waals surface area (Å²) in [6.45, 7) is 5.85. The van der Waals surface area contributed by atoms with Gasteiger partial charge in [-0.3, -0.25) is 4.79 Å². The average molecular weight is 208 g/mol. The number of carbonyl (C=O) groups excluding carboxylic acids is 1. The summed E-state index contributed by atoms with van der Waals surface area (Å²) in [5.74, 6) is -0.0859. The predicted molar refractivity (Wildman–Crippen MR) is 59.0 cm³/mol. The van der Waals surface area contributed by atoms with Crippen LogP contribution in [0.2, 0.25) is 0 Å². The quantitative estimate of drug-likeness (QED) is 0.771. The maximum atomic E-state index is 12.0. The highest BCUT2D eigenvalue weighted by Crippen LogP contribution is 2.33. The monoisotopic (exact) mass is 208 g/mol. The van der Waals surface area contributed by atoms with Gasteiger partial charge in [-0.15, -0.1) is 0 Å². The van der Waals surface area contributed by atoms with Crippen molar-refractivity contribution >= 4 is 5.91 Å². The maximum Gasteiger partial charge on any atom is 0.240 e. The highest BCUT2D eigenvalue weighted by molar-refractivity contribution is 5.86. The van der Waals surface area contributed by atoms with E-state index in [1.807, 2.05) is 13.8 Å². The van der Waals surface area contributed by atoms with Crippen molar-refractivity contribution in [2.24, 2.45) is 5.41 Å².